The van der Waals surface area contributed by atoms with E-state index in [2.05, 4.69) is 25.3 Å². The minimum absolute atomic E-state index is 0.0161. The molecule has 1 amide bonds. The molecule has 0 aromatic carbocycles. The number of carbonyl (C=O) groups is 1. The van der Waals surface area contributed by atoms with Crippen LogP contribution in [0.1, 0.15) is 20.8 Å². The van der Waals surface area contributed by atoms with E-state index in [-0.39, 0.29) is 17.4 Å². The zero-order valence-electron chi connectivity index (χ0n) is 13.0. The summed E-state index contributed by atoms with van der Waals surface area (Å²) in [6.45, 7) is 7.32. The Hall–Kier alpha value is -2.44. The van der Waals surface area contributed by atoms with Crippen LogP contribution in [0, 0.1) is 5.92 Å². The highest BCUT2D eigenvalue weighted by Crippen LogP contribution is 2.24. The van der Waals surface area contributed by atoms with Crippen molar-refractivity contribution in [3.8, 4) is 5.82 Å². The van der Waals surface area contributed by atoms with E-state index in [4.69, 9.17) is 0 Å². The Balaban J connectivity index is 1.64. The van der Waals surface area contributed by atoms with Crippen molar-refractivity contribution in [3.63, 3.8) is 0 Å². The van der Waals surface area contributed by atoms with Gasteiger partial charge in [-0.3, -0.25) is 4.79 Å². The number of anilines is 1. The standard InChI is InChI=1S/C15H20N6O/c1-15(2,3)19-14(22)11-8-20(9-11)12-7-13(17-10-16-12)21-6-4-5-18-21/h4-7,10-11H,8-9H2,1-3H3,(H,19,22). The van der Waals surface area contributed by atoms with E-state index in [1.807, 2.05) is 39.1 Å². The molecule has 0 aliphatic carbocycles. The van der Waals surface area contributed by atoms with Gasteiger partial charge in [0, 0.05) is 37.1 Å². The Labute approximate surface area is 129 Å². The van der Waals surface area contributed by atoms with Crippen LogP contribution in [0.5, 0.6) is 0 Å². The second-order valence-electron chi connectivity index (χ2n) is 6.53. The maximum Gasteiger partial charge on any atom is 0.227 e. The highest BCUT2D eigenvalue weighted by molar-refractivity contribution is 5.82. The summed E-state index contributed by atoms with van der Waals surface area (Å²) in [5, 5.41) is 7.17. The number of nitrogens with zero attached hydrogens (tertiary/aromatic N) is 5. The molecule has 0 spiro atoms. The van der Waals surface area contributed by atoms with Crippen LogP contribution < -0.4 is 10.2 Å². The van der Waals surface area contributed by atoms with Gasteiger partial charge in [-0.15, -0.1) is 0 Å². The maximum absolute atomic E-state index is 12.1. The first-order chi connectivity index (χ1) is 10.4. The van der Waals surface area contributed by atoms with Crippen molar-refractivity contribution in [1.29, 1.82) is 0 Å². The van der Waals surface area contributed by atoms with Gasteiger partial charge in [0.15, 0.2) is 5.82 Å². The molecule has 7 nitrogen and oxygen atoms in total. The predicted molar refractivity (Wildman–Crippen MR) is 82.8 cm³/mol. The fourth-order valence-corrected chi connectivity index (χ4v) is 2.34. The third kappa shape index (κ3) is 3.08. The molecule has 7 heteroatoms. The molecule has 0 atom stereocenters. The molecule has 0 bridgehead atoms. The second kappa shape index (κ2) is 5.40. The van der Waals surface area contributed by atoms with Crippen LogP contribution >= 0.6 is 0 Å². The topological polar surface area (TPSA) is 75.9 Å². The van der Waals surface area contributed by atoms with Crippen LogP contribution in [0.3, 0.4) is 0 Å². The maximum atomic E-state index is 12.1. The minimum Gasteiger partial charge on any atom is -0.355 e. The molecule has 1 aliphatic rings. The molecule has 2 aromatic rings. The minimum atomic E-state index is -0.195. The molecule has 116 valence electrons. The third-order valence-corrected chi connectivity index (χ3v) is 3.45. The fraction of sp³-hybridized carbons (Fsp3) is 0.467. The first-order valence-corrected chi connectivity index (χ1v) is 7.31. The fourth-order valence-electron chi connectivity index (χ4n) is 2.34. The summed E-state index contributed by atoms with van der Waals surface area (Å²) in [7, 11) is 0. The smallest absolute Gasteiger partial charge is 0.227 e. The Morgan fingerprint density at radius 3 is 2.64 bits per heavy atom. The van der Waals surface area contributed by atoms with Gasteiger partial charge in [-0.05, 0) is 26.8 Å². The Morgan fingerprint density at radius 1 is 1.27 bits per heavy atom. The van der Waals surface area contributed by atoms with Crippen LogP contribution in [-0.2, 0) is 4.79 Å². The zero-order valence-corrected chi connectivity index (χ0v) is 13.0. The second-order valence-corrected chi connectivity index (χ2v) is 6.53. The average molecular weight is 300 g/mol. The van der Waals surface area contributed by atoms with Gasteiger partial charge in [0.2, 0.25) is 5.91 Å². The van der Waals surface area contributed by atoms with E-state index in [0.717, 1.165) is 11.6 Å². The van der Waals surface area contributed by atoms with Crippen molar-refractivity contribution in [2.24, 2.45) is 5.92 Å². The molecule has 1 saturated heterocycles. The van der Waals surface area contributed by atoms with Crippen molar-refractivity contribution >= 4 is 11.7 Å². The summed E-state index contributed by atoms with van der Waals surface area (Å²) in [4.78, 5) is 22.6. The van der Waals surface area contributed by atoms with Gasteiger partial charge in [-0.25, -0.2) is 14.6 Å². The molecule has 0 radical (unpaired) electrons. The van der Waals surface area contributed by atoms with Gasteiger partial charge >= 0.3 is 0 Å². The van der Waals surface area contributed by atoms with Gasteiger partial charge in [-0.2, -0.15) is 5.10 Å². The van der Waals surface area contributed by atoms with E-state index < -0.39 is 0 Å². The number of amides is 1. The summed E-state index contributed by atoms with van der Waals surface area (Å²) >= 11 is 0. The molecule has 1 N–H and O–H groups in total. The third-order valence-electron chi connectivity index (χ3n) is 3.45. The Kier molecular flexibility index (Phi) is 3.56. The monoisotopic (exact) mass is 300 g/mol. The molecular formula is C15H20N6O. The van der Waals surface area contributed by atoms with E-state index in [9.17, 15) is 4.79 Å². The number of rotatable bonds is 3. The van der Waals surface area contributed by atoms with Gasteiger partial charge in [-0.1, -0.05) is 0 Å². The molecule has 3 heterocycles. The largest absolute Gasteiger partial charge is 0.355 e. The van der Waals surface area contributed by atoms with E-state index in [1.165, 1.54) is 6.33 Å². The van der Waals surface area contributed by atoms with Crippen LogP contribution in [0.25, 0.3) is 5.82 Å². The van der Waals surface area contributed by atoms with Crippen LogP contribution in [0.2, 0.25) is 0 Å². The number of nitrogens with one attached hydrogen (secondary N) is 1. The lowest BCUT2D eigenvalue weighted by Gasteiger charge is -2.40. The summed E-state index contributed by atoms with van der Waals surface area (Å²) < 4.78 is 1.69. The van der Waals surface area contributed by atoms with Gasteiger partial charge < -0.3 is 10.2 Å². The predicted octanol–water partition coefficient (Wildman–Crippen LogP) is 1.01. The first-order valence-electron chi connectivity index (χ1n) is 7.31. The normalized spacial score (nSPS) is 15.5. The molecule has 22 heavy (non-hydrogen) atoms. The Morgan fingerprint density at radius 2 is 2.00 bits per heavy atom. The van der Waals surface area contributed by atoms with Crippen LogP contribution in [0.15, 0.2) is 30.9 Å². The van der Waals surface area contributed by atoms with Crippen molar-refractivity contribution in [1.82, 2.24) is 25.1 Å². The number of carbonyl (C=O) groups excluding carboxylic acids is 1. The zero-order chi connectivity index (χ0) is 15.7. The van der Waals surface area contributed by atoms with Crippen molar-refractivity contribution in [3.05, 3.63) is 30.9 Å². The van der Waals surface area contributed by atoms with Crippen molar-refractivity contribution < 1.29 is 4.79 Å². The van der Waals surface area contributed by atoms with Gasteiger partial charge in [0.05, 0.1) is 5.92 Å². The first kappa shape index (κ1) is 14.5. The van der Waals surface area contributed by atoms with Gasteiger partial charge in [0.1, 0.15) is 12.1 Å². The molecule has 0 saturated carbocycles. The summed E-state index contributed by atoms with van der Waals surface area (Å²) in [5.74, 6) is 1.66. The molecule has 2 aromatic heterocycles. The van der Waals surface area contributed by atoms with Crippen molar-refractivity contribution in [2.45, 2.75) is 26.3 Å². The number of hydrogen-bond donors (Lipinski definition) is 1. The van der Waals surface area contributed by atoms with Gasteiger partial charge in [0.25, 0.3) is 0 Å². The molecule has 3 rings (SSSR count). The van der Waals surface area contributed by atoms with E-state index >= 15 is 0 Å². The lowest BCUT2D eigenvalue weighted by Crippen LogP contribution is -2.56. The van der Waals surface area contributed by atoms with Crippen LogP contribution in [0.4, 0.5) is 5.82 Å². The average Bonchev–Trinajstić information content (AvgIpc) is 2.88. The van der Waals surface area contributed by atoms with E-state index in [0.29, 0.717) is 13.1 Å². The SMILES string of the molecule is CC(C)(C)NC(=O)C1CN(c2cc(-n3cccn3)ncn2)C1. The lowest BCUT2D eigenvalue weighted by molar-refractivity contribution is -0.127. The molecule has 1 fully saturated rings. The Bertz CT molecular complexity index is 655. The number of aromatic nitrogens is 4. The quantitative estimate of drug-likeness (QED) is 0.915. The lowest BCUT2D eigenvalue weighted by atomic mass is 9.97. The molecular weight excluding hydrogens is 280 g/mol. The van der Waals surface area contributed by atoms with E-state index in [1.54, 1.807) is 10.9 Å². The molecule has 1 aliphatic heterocycles. The summed E-state index contributed by atoms with van der Waals surface area (Å²) in [5.41, 5.74) is -0.195. The molecule has 0 unspecified atom stereocenters. The highest BCUT2D eigenvalue weighted by Gasteiger charge is 2.35. The highest BCUT2D eigenvalue weighted by atomic mass is 16.2. The summed E-state index contributed by atoms with van der Waals surface area (Å²) in [6.07, 6.45) is 5.06. The summed E-state index contributed by atoms with van der Waals surface area (Å²) in [6, 6.07) is 3.73. The van der Waals surface area contributed by atoms with Crippen LogP contribution in [-0.4, -0.2) is 44.3 Å². The number of hydrogen-bond acceptors (Lipinski definition) is 5. The van der Waals surface area contributed by atoms with Crippen molar-refractivity contribution in [2.75, 3.05) is 18.0 Å².